The molecule has 4 aromatic rings. The van der Waals surface area contributed by atoms with Crippen LogP contribution in [0.4, 0.5) is 5.82 Å². The van der Waals surface area contributed by atoms with Crippen LogP contribution >= 0.6 is 0 Å². The third-order valence-corrected chi connectivity index (χ3v) is 5.43. The standard InChI is InChI=1S/C20H18N4O2S/c1-27(25,26)16-7-5-14(6-8-16)18-12-19(24-20-17(18)9-11-22-20)23-13-15-4-2-3-10-21-15/h2-12H,13H2,1H3,(H2,22,23,24). The molecule has 0 atom stereocenters. The van der Waals surface area contributed by atoms with E-state index in [2.05, 4.69) is 20.3 Å². The van der Waals surface area contributed by atoms with E-state index in [1.807, 2.05) is 48.7 Å². The van der Waals surface area contributed by atoms with E-state index in [1.54, 1.807) is 18.3 Å². The van der Waals surface area contributed by atoms with Gasteiger partial charge in [0.1, 0.15) is 11.5 Å². The monoisotopic (exact) mass is 378 g/mol. The average molecular weight is 378 g/mol. The number of rotatable bonds is 5. The second kappa shape index (κ2) is 6.85. The van der Waals surface area contributed by atoms with Crippen molar-refractivity contribution in [2.45, 2.75) is 11.4 Å². The molecule has 0 aliphatic rings. The Kier molecular flexibility index (Phi) is 4.37. The molecule has 7 heteroatoms. The molecule has 27 heavy (non-hydrogen) atoms. The van der Waals surface area contributed by atoms with Gasteiger partial charge in [-0.3, -0.25) is 4.98 Å². The molecule has 0 unspecified atom stereocenters. The summed E-state index contributed by atoms with van der Waals surface area (Å²) in [5.74, 6) is 0.720. The zero-order valence-corrected chi connectivity index (χ0v) is 15.5. The molecule has 6 nitrogen and oxygen atoms in total. The molecule has 3 aromatic heterocycles. The van der Waals surface area contributed by atoms with Crippen LogP contribution in [0.5, 0.6) is 0 Å². The molecule has 4 rings (SSSR count). The third kappa shape index (κ3) is 3.68. The normalized spacial score (nSPS) is 11.6. The number of aromatic nitrogens is 3. The van der Waals surface area contributed by atoms with Crippen LogP contribution in [0.3, 0.4) is 0 Å². The van der Waals surface area contributed by atoms with Crippen molar-refractivity contribution in [3.63, 3.8) is 0 Å². The summed E-state index contributed by atoms with van der Waals surface area (Å²) in [6.45, 7) is 0.562. The highest BCUT2D eigenvalue weighted by Gasteiger charge is 2.11. The Labute approximate surface area is 157 Å². The number of pyridine rings is 2. The lowest BCUT2D eigenvalue weighted by Gasteiger charge is -2.10. The molecular formula is C20H18N4O2S. The fourth-order valence-corrected chi connectivity index (χ4v) is 3.56. The average Bonchev–Trinajstić information content (AvgIpc) is 3.14. The van der Waals surface area contributed by atoms with E-state index in [-0.39, 0.29) is 0 Å². The van der Waals surface area contributed by atoms with Crippen LogP contribution in [0.1, 0.15) is 5.69 Å². The number of sulfone groups is 1. The Hall–Kier alpha value is -3.19. The van der Waals surface area contributed by atoms with E-state index in [0.717, 1.165) is 33.7 Å². The summed E-state index contributed by atoms with van der Waals surface area (Å²) in [6, 6.07) is 16.6. The van der Waals surface area contributed by atoms with Crippen molar-refractivity contribution >= 4 is 26.7 Å². The molecule has 0 fully saturated rings. The van der Waals surface area contributed by atoms with Gasteiger partial charge in [-0.2, -0.15) is 0 Å². The molecule has 0 bridgehead atoms. The molecule has 0 spiro atoms. The van der Waals surface area contributed by atoms with Crippen molar-refractivity contribution in [2.75, 3.05) is 11.6 Å². The maximum absolute atomic E-state index is 11.7. The van der Waals surface area contributed by atoms with Gasteiger partial charge in [0.2, 0.25) is 0 Å². The van der Waals surface area contributed by atoms with E-state index in [9.17, 15) is 8.42 Å². The lowest BCUT2D eigenvalue weighted by Crippen LogP contribution is -2.03. The number of hydrogen-bond donors (Lipinski definition) is 2. The van der Waals surface area contributed by atoms with Gasteiger partial charge in [-0.15, -0.1) is 0 Å². The molecule has 3 heterocycles. The minimum Gasteiger partial charge on any atom is -0.364 e. The van der Waals surface area contributed by atoms with Crippen molar-refractivity contribution in [1.82, 2.24) is 15.0 Å². The Balaban J connectivity index is 1.70. The predicted octanol–water partition coefficient (Wildman–Crippen LogP) is 3.64. The quantitative estimate of drug-likeness (QED) is 0.554. The van der Waals surface area contributed by atoms with E-state index in [0.29, 0.717) is 11.4 Å². The number of aromatic amines is 1. The van der Waals surface area contributed by atoms with E-state index < -0.39 is 9.84 Å². The van der Waals surface area contributed by atoms with Crippen LogP contribution in [0.25, 0.3) is 22.2 Å². The highest BCUT2D eigenvalue weighted by molar-refractivity contribution is 7.90. The number of fused-ring (bicyclic) bond motifs is 1. The molecule has 0 amide bonds. The number of H-pyrrole nitrogens is 1. The van der Waals surface area contributed by atoms with Gasteiger partial charge in [0.05, 0.1) is 17.1 Å². The first-order valence-electron chi connectivity index (χ1n) is 8.43. The zero-order chi connectivity index (χ0) is 18.9. The van der Waals surface area contributed by atoms with Gasteiger partial charge in [0.15, 0.2) is 9.84 Å². The van der Waals surface area contributed by atoms with Gasteiger partial charge in [-0.25, -0.2) is 13.4 Å². The second-order valence-electron chi connectivity index (χ2n) is 6.27. The summed E-state index contributed by atoms with van der Waals surface area (Å²) < 4.78 is 23.4. The molecule has 136 valence electrons. The third-order valence-electron chi connectivity index (χ3n) is 4.30. The molecule has 2 N–H and O–H groups in total. The van der Waals surface area contributed by atoms with E-state index in [1.165, 1.54) is 6.26 Å². The maximum Gasteiger partial charge on any atom is 0.175 e. The summed E-state index contributed by atoms with van der Waals surface area (Å²) in [6.07, 6.45) is 4.81. The van der Waals surface area contributed by atoms with Gasteiger partial charge in [0, 0.05) is 24.0 Å². The van der Waals surface area contributed by atoms with Gasteiger partial charge >= 0.3 is 0 Å². The SMILES string of the molecule is CS(=O)(=O)c1ccc(-c2cc(NCc3ccccn3)nc3[nH]ccc23)cc1. The van der Waals surface area contributed by atoms with Gasteiger partial charge < -0.3 is 10.3 Å². The lowest BCUT2D eigenvalue weighted by atomic mass is 10.0. The van der Waals surface area contributed by atoms with Crippen molar-refractivity contribution in [1.29, 1.82) is 0 Å². The van der Waals surface area contributed by atoms with Crippen molar-refractivity contribution < 1.29 is 8.42 Å². The van der Waals surface area contributed by atoms with Crippen molar-refractivity contribution in [2.24, 2.45) is 0 Å². The summed E-state index contributed by atoms with van der Waals surface area (Å²) in [7, 11) is -3.22. The summed E-state index contributed by atoms with van der Waals surface area (Å²) in [5, 5.41) is 4.28. The highest BCUT2D eigenvalue weighted by Crippen LogP contribution is 2.30. The predicted molar refractivity (Wildman–Crippen MR) is 106 cm³/mol. The van der Waals surface area contributed by atoms with Crippen LogP contribution in [0.15, 0.2) is 71.9 Å². The molecule has 0 radical (unpaired) electrons. The molecule has 0 saturated carbocycles. The largest absolute Gasteiger partial charge is 0.364 e. The van der Waals surface area contributed by atoms with Crippen molar-refractivity contribution in [3.8, 4) is 11.1 Å². The number of nitrogens with zero attached hydrogens (tertiary/aromatic N) is 2. The van der Waals surface area contributed by atoms with Gasteiger partial charge in [-0.05, 0) is 47.5 Å². The van der Waals surface area contributed by atoms with Crippen LogP contribution in [0.2, 0.25) is 0 Å². The molecule has 0 saturated heterocycles. The number of nitrogens with one attached hydrogen (secondary N) is 2. The van der Waals surface area contributed by atoms with Gasteiger partial charge in [-0.1, -0.05) is 18.2 Å². The number of benzene rings is 1. The Bertz CT molecular complexity index is 1180. The highest BCUT2D eigenvalue weighted by atomic mass is 32.2. The zero-order valence-electron chi connectivity index (χ0n) is 14.7. The maximum atomic E-state index is 11.7. The first-order chi connectivity index (χ1) is 13.0. The molecule has 0 aliphatic carbocycles. The number of anilines is 1. The molecule has 1 aromatic carbocycles. The van der Waals surface area contributed by atoms with Crippen LogP contribution in [-0.2, 0) is 16.4 Å². The fraction of sp³-hybridized carbons (Fsp3) is 0.100. The molecule has 0 aliphatic heterocycles. The van der Waals surface area contributed by atoms with Gasteiger partial charge in [0.25, 0.3) is 0 Å². The van der Waals surface area contributed by atoms with Crippen LogP contribution in [-0.4, -0.2) is 29.6 Å². The Morgan fingerprint density at radius 3 is 2.59 bits per heavy atom. The topological polar surface area (TPSA) is 87.7 Å². The van der Waals surface area contributed by atoms with Crippen LogP contribution in [0, 0.1) is 0 Å². The summed E-state index contributed by atoms with van der Waals surface area (Å²) in [5.41, 5.74) is 3.59. The smallest absolute Gasteiger partial charge is 0.175 e. The minimum atomic E-state index is -3.22. The number of hydrogen-bond acceptors (Lipinski definition) is 5. The molecular weight excluding hydrogens is 360 g/mol. The van der Waals surface area contributed by atoms with E-state index in [4.69, 9.17) is 0 Å². The first-order valence-corrected chi connectivity index (χ1v) is 10.3. The first kappa shape index (κ1) is 17.2. The Morgan fingerprint density at radius 1 is 1.07 bits per heavy atom. The van der Waals surface area contributed by atoms with E-state index >= 15 is 0 Å². The summed E-state index contributed by atoms with van der Waals surface area (Å²) >= 11 is 0. The van der Waals surface area contributed by atoms with Crippen molar-refractivity contribution in [3.05, 3.63) is 72.7 Å². The lowest BCUT2D eigenvalue weighted by molar-refractivity contribution is 0.602. The Morgan fingerprint density at radius 2 is 1.89 bits per heavy atom. The minimum absolute atomic E-state index is 0.305. The fourth-order valence-electron chi connectivity index (χ4n) is 2.93. The summed E-state index contributed by atoms with van der Waals surface area (Å²) in [4.78, 5) is 12.4. The second-order valence-corrected chi connectivity index (χ2v) is 8.28. The van der Waals surface area contributed by atoms with Crippen LogP contribution < -0.4 is 5.32 Å².